The van der Waals surface area contributed by atoms with Crippen LogP contribution in [0.25, 0.3) is 0 Å². The minimum absolute atomic E-state index is 0.118. The van der Waals surface area contributed by atoms with Crippen molar-refractivity contribution in [1.29, 1.82) is 0 Å². The van der Waals surface area contributed by atoms with Crippen molar-refractivity contribution in [2.45, 2.75) is 27.2 Å². The van der Waals surface area contributed by atoms with Crippen molar-refractivity contribution < 1.29 is 9.59 Å². The van der Waals surface area contributed by atoms with Crippen molar-refractivity contribution in [3.63, 3.8) is 0 Å². The summed E-state index contributed by atoms with van der Waals surface area (Å²) in [5.41, 5.74) is 4.04. The standard InChI is InChI=1S/C17H21N3O2S/c1-4-20(5-2)15(21)10-13-6-8-14(9-7-13)19-17(22)16-12(3)18-11-23-16/h6-9,11H,4-5,10H2,1-3H3,(H,19,22). The van der Waals surface area contributed by atoms with E-state index in [1.54, 1.807) is 5.51 Å². The van der Waals surface area contributed by atoms with Crippen LogP contribution in [0.3, 0.4) is 0 Å². The first-order valence-electron chi connectivity index (χ1n) is 7.63. The number of thiazole rings is 1. The summed E-state index contributed by atoms with van der Waals surface area (Å²) in [4.78, 5) is 30.7. The molecule has 1 aromatic heterocycles. The van der Waals surface area contributed by atoms with Gasteiger partial charge in [0.1, 0.15) is 4.88 Å². The van der Waals surface area contributed by atoms with Gasteiger partial charge in [-0.05, 0) is 38.5 Å². The number of hydrogen-bond donors (Lipinski definition) is 1. The van der Waals surface area contributed by atoms with Gasteiger partial charge in [0.25, 0.3) is 5.91 Å². The van der Waals surface area contributed by atoms with Crippen molar-refractivity contribution in [3.05, 3.63) is 45.9 Å². The van der Waals surface area contributed by atoms with E-state index in [-0.39, 0.29) is 11.8 Å². The third-order valence-electron chi connectivity index (χ3n) is 3.64. The van der Waals surface area contributed by atoms with Crippen LogP contribution in [0, 0.1) is 6.92 Å². The van der Waals surface area contributed by atoms with Crippen LogP contribution in [0.15, 0.2) is 29.8 Å². The molecule has 0 bridgehead atoms. The molecule has 2 aromatic rings. The smallest absolute Gasteiger partial charge is 0.267 e. The van der Waals surface area contributed by atoms with Crippen molar-refractivity contribution in [2.24, 2.45) is 0 Å². The zero-order valence-corrected chi connectivity index (χ0v) is 14.4. The second-order valence-electron chi connectivity index (χ2n) is 5.16. The fourth-order valence-corrected chi connectivity index (χ4v) is 2.97. The maximum absolute atomic E-state index is 12.1. The molecule has 0 aliphatic carbocycles. The highest BCUT2D eigenvalue weighted by Crippen LogP contribution is 2.16. The number of aromatic nitrogens is 1. The van der Waals surface area contributed by atoms with Gasteiger partial charge in [-0.2, -0.15) is 0 Å². The summed E-state index contributed by atoms with van der Waals surface area (Å²) in [6.07, 6.45) is 0.379. The third kappa shape index (κ3) is 4.39. The van der Waals surface area contributed by atoms with Gasteiger partial charge in [-0.1, -0.05) is 12.1 Å². The van der Waals surface area contributed by atoms with Crippen LogP contribution in [0.4, 0.5) is 5.69 Å². The molecule has 0 saturated heterocycles. The fourth-order valence-electron chi connectivity index (χ4n) is 2.28. The lowest BCUT2D eigenvalue weighted by molar-refractivity contribution is -0.130. The number of anilines is 1. The average Bonchev–Trinajstić information content (AvgIpc) is 2.96. The summed E-state index contributed by atoms with van der Waals surface area (Å²) >= 11 is 1.32. The van der Waals surface area contributed by atoms with Crippen molar-refractivity contribution in [1.82, 2.24) is 9.88 Å². The Kier molecular flexibility index (Phi) is 5.87. The minimum atomic E-state index is -0.156. The van der Waals surface area contributed by atoms with Crippen LogP contribution >= 0.6 is 11.3 Å². The largest absolute Gasteiger partial charge is 0.343 e. The molecule has 1 heterocycles. The normalized spacial score (nSPS) is 10.4. The second kappa shape index (κ2) is 7.87. The summed E-state index contributed by atoms with van der Waals surface area (Å²) in [5, 5.41) is 2.85. The molecule has 0 atom stereocenters. The van der Waals surface area contributed by atoms with E-state index in [0.29, 0.717) is 17.0 Å². The van der Waals surface area contributed by atoms with E-state index in [9.17, 15) is 9.59 Å². The Bertz CT molecular complexity index is 675. The number of rotatable bonds is 6. The molecule has 1 aromatic carbocycles. The molecule has 0 aliphatic rings. The highest BCUT2D eigenvalue weighted by atomic mass is 32.1. The number of hydrogen-bond acceptors (Lipinski definition) is 4. The fraction of sp³-hybridized carbons (Fsp3) is 0.353. The van der Waals surface area contributed by atoms with Gasteiger partial charge in [0.2, 0.25) is 5.91 Å². The lowest BCUT2D eigenvalue weighted by atomic mass is 10.1. The Labute approximate surface area is 140 Å². The first-order valence-corrected chi connectivity index (χ1v) is 8.51. The van der Waals surface area contributed by atoms with E-state index in [1.165, 1.54) is 11.3 Å². The summed E-state index contributed by atoms with van der Waals surface area (Å²) in [6, 6.07) is 7.38. The number of carbonyl (C=O) groups is 2. The van der Waals surface area contributed by atoms with Gasteiger partial charge in [0.05, 0.1) is 17.6 Å². The lowest BCUT2D eigenvalue weighted by Gasteiger charge is -2.18. The van der Waals surface area contributed by atoms with Gasteiger partial charge in [-0.3, -0.25) is 9.59 Å². The Morgan fingerprint density at radius 3 is 2.35 bits per heavy atom. The maximum Gasteiger partial charge on any atom is 0.267 e. The predicted octanol–water partition coefficient (Wildman–Crippen LogP) is 3.11. The van der Waals surface area contributed by atoms with Crippen LogP contribution in [-0.4, -0.2) is 34.8 Å². The van der Waals surface area contributed by atoms with Gasteiger partial charge in [0, 0.05) is 18.8 Å². The van der Waals surface area contributed by atoms with Crippen molar-refractivity contribution in [2.75, 3.05) is 18.4 Å². The van der Waals surface area contributed by atoms with Crippen LogP contribution in [0.1, 0.15) is 34.8 Å². The van der Waals surface area contributed by atoms with Gasteiger partial charge in [-0.25, -0.2) is 4.98 Å². The molecule has 0 radical (unpaired) electrons. The van der Waals surface area contributed by atoms with Gasteiger partial charge in [0.15, 0.2) is 0 Å². The molecule has 23 heavy (non-hydrogen) atoms. The first kappa shape index (κ1) is 17.1. The molecule has 0 aliphatic heterocycles. The van der Waals surface area contributed by atoms with Gasteiger partial charge in [-0.15, -0.1) is 11.3 Å². The van der Waals surface area contributed by atoms with E-state index in [0.717, 1.165) is 24.3 Å². The quantitative estimate of drug-likeness (QED) is 0.884. The number of nitrogens with zero attached hydrogens (tertiary/aromatic N) is 2. The van der Waals surface area contributed by atoms with E-state index in [4.69, 9.17) is 0 Å². The molecule has 0 unspecified atom stereocenters. The van der Waals surface area contributed by atoms with Crippen molar-refractivity contribution in [3.8, 4) is 0 Å². The molecule has 5 nitrogen and oxygen atoms in total. The van der Waals surface area contributed by atoms with Gasteiger partial charge < -0.3 is 10.2 Å². The molecule has 0 saturated carbocycles. The zero-order chi connectivity index (χ0) is 16.8. The Morgan fingerprint density at radius 2 is 1.83 bits per heavy atom. The van der Waals surface area contributed by atoms with Gasteiger partial charge >= 0.3 is 0 Å². The highest BCUT2D eigenvalue weighted by Gasteiger charge is 2.13. The number of benzene rings is 1. The van der Waals surface area contributed by atoms with E-state index >= 15 is 0 Å². The molecule has 1 N–H and O–H groups in total. The number of nitrogens with one attached hydrogen (secondary N) is 1. The summed E-state index contributed by atoms with van der Waals surface area (Å²) in [6.45, 7) is 7.20. The molecular weight excluding hydrogens is 310 g/mol. The number of likely N-dealkylation sites (N-methyl/N-ethyl adjacent to an activating group) is 1. The Balaban J connectivity index is 1.98. The number of amides is 2. The molecule has 2 rings (SSSR count). The molecule has 122 valence electrons. The van der Waals surface area contributed by atoms with Crippen LogP contribution < -0.4 is 5.32 Å². The molecule has 0 fully saturated rings. The molecule has 2 amide bonds. The Hall–Kier alpha value is -2.21. The third-order valence-corrected chi connectivity index (χ3v) is 4.56. The summed E-state index contributed by atoms with van der Waals surface area (Å²) in [7, 11) is 0. The van der Waals surface area contributed by atoms with Crippen molar-refractivity contribution >= 4 is 28.8 Å². The SMILES string of the molecule is CCN(CC)C(=O)Cc1ccc(NC(=O)c2scnc2C)cc1. The lowest BCUT2D eigenvalue weighted by Crippen LogP contribution is -2.31. The molecule has 6 heteroatoms. The van der Waals surface area contributed by atoms with E-state index in [1.807, 2.05) is 49.9 Å². The van der Waals surface area contributed by atoms with E-state index < -0.39 is 0 Å². The van der Waals surface area contributed by atoms with E-state index in [2.05, 4.69) is 10.3 Å². The van der Waals surface area contributed by atoms with Crippen LogP contribution in [0.5, 0.6) is 0 Å². The zero-order valence-electron chi connectivity index (χ0n) is 13.6. The number of aryl methyl sites for hydroxylation is 1. The van der Waals surface area contributed by atoms with Crippen LogP contribution in [-0.2, 0) is 11.2 Å². The topological polar surface area (TPSA) is 62.3 Å². The monoisotopic (exact) mass is 331 g/mol. The highest BCUT2D eigenvalue weighted by molar-refractivity contribution is 7.12. The number of carbonyl (C=O) groups excluding carboxylic acids is 2. The average molecular weight is 331 g/mol. The maximum atomic E-state index is 12.1. The summed E-state index contributed by atoms with van der Waals surface area (Å²) in [5.74, 6) is -0.0379. The second-order valence-corrected chi connectivity index (χ2v) is 6.02. The molecule has 0 spiro atoms. The minimum Gasteiger partial charge on any atom is -0.343 e. The first-order chi connectivity index (χ1) is 11.0. The van der Waals surface area contributed by atoms with Crippen LogP contribution in [0.2, 0.25) is 0 Å². The predicted molar refractivity (Wildman–Crippen MR) is 92.9 cm³/mol. The Morgan fingerprint density at radius 1 is 1.17 bits per heavy atom. The molecular formula is C17H21N3O2S. The summed E-state index contributed by atoms with van der Waals surface area (Å²) < 4.78 is 0.